The zero-order valence-corrected chi connectivity index (χ0v) is 17.2. The standard InChI is InChI=1S/C20H23N3O2S2/c1-13-5-6-17(27-13)19(24)21-15-7-9-23(10-8-15)12-16-14(2)25-20(22-16)18-4-3-11-26-18/h3-6,11,15H,7-10,12H2,1-2H3,(H,21,24). The van der Waals surface area contributed by atoms with Gasteiger partial charge in [0, 0.05) is 30.6 Å². The molecule has 4 rings (SSSR count). The van der Waals surface area contributed by atoms with E-state index in [1.165, 1.54) is 4.88 Å². The summed E-state index contributed by atoms with van der Waals surface area (Å²) in [7, 11) is 0. The predicted octanol–water partition coefficient (Wildman–Crippen LogP) is 4.48. The molecule has 0 unspecified atom stereocenters. The van der Waals surface area contributed by atoms with Gasteiger partial charge in [-0.05, 0) is 50.3 Å². The number of oxazole rings is 1. The molecular weight excluding hydrogens is 378 g/mol. The zero-order valence-electron chi connectivity index (χ0n) is 15.5. The van der Waals surface area contributed by atoms with Gasteiger partial charge < -0.3 is 9.73 Å². The van der Waals surface area contributed by atoms with Gasteiger partial charge in [0.25, 0.3) is 5.91 Å². The molecule has 27 heavy (non-hydrogen) atoms. The Bertz CT molecular complexity index is 906. The van der Waals surface area contributed by atoms with Gasteiger partial charge in [-0.1, -0.05) is 6.07 Å². The summed E-state index contributed by atoms with van der Waals surface area (Å²) >= 11 is 3.19. The van der Waals surface area contributed by atoms with Crippen molar-refractivity contribution in [3.63, 3.8) is 0 Å². The van der Waals surface area contributed by atoms with Crippen molar-refractivity contribution in [1.82, 2.24) is 15.2 Å². The van der Waals surface area contributed by atoms with Gasteiger partial charge in [0.05, 0.1) is 15.4 Å². The molecule has 4 heterocycles. The lowest BCUT2D eigenvalue weighted by Crippen LogP contribution is -2.44. The minimum Gasteiger partial charge on any atom is -0.440 e. The van der Waals surface area contributed by atoms with E-state index >= 15 is 0 Å². The van der Waals surface area contributed by atoms with Gasteiger partial charge in [-0.25, -0.2) is 4.98 Å². The van der Waals surface area contributed by atoms with Crippen LogP contribution in [0.25, 0.3) is 10.8 Å². The number of rotatable bonds is 5. The molecule has 1 aliphatic rings. The summed E-state index contributed by atoms with van der Waals surface area (Å²) in [5, 5.41) is 5.21. The summed E-state index contributed by atoms with van der Waals surface area (Å²) in [6.45, 7) is 6.71. The normalized spacial score (nSPS) is 15.9. The Morgan fingerprint density at radius 3 is 2.78 bits per heavy atom. The highest BCUT2D eigenvalue weighted by molar-refractivity contribution is 7.14. The van der Waals surface area contributed by atoms with Gasteiger partial charge >= 0.3 is 0 Å². The number of carbonyl (C=O) groups excluding carboxylic acids is 1. The molecule has 1 fully saturated rings. The van der Waals surface area contributed by atoms with Gasteiger partial charge in [0.2, 0.25) is 5.89 Å². The van der Waals surface area contributed by atoms with Crippen LogP contribution in [0.2, 0.25) is 0 Å². The number of nitrogens with one attached hydrogen (secondary N) is 1. The fraction of sp³-hybridized carbons (Fsp3) is 0.400. The molecule has 7 heteroatoms. The molecule has 0 bridgehead atoms. The molecule has 0 spiro atoms. The molecule has 1 aliphatic heterocycles. The molecule has 0 saturated carbocycles. The molecule has 1 amide bonds. The van der Waals surface area contributed by atoms with E-state index in [0.29, 0.717) is 5.89 Å². The molecule has 0 aliphatic carbocycles. The molecule has 1 saturated heterocycles. The average Bonchev–Trinajstić information content (AvgIpc) is 3.39. The van der Waals surface area contributed by atoms with Crippen LogP contribution in [0.5, 0.6) is 0 Å². The molecule has 5 nitrogen and oxygen atoms in total. The van der Waals surface area contributed by atoms with Gasteiger partial charge in [0.15, 0.2) is 0 Å². The van der Waals surface area contributed by atoms with E-state index in [9.17, 15) is 4.79 Å². The largest absolute Gasteiger partial charge is 0.440 e. The van der Waals surface area contributed by atoms with Crippen molar-refractivity contribution >= 4 is 28.6 Å². The van der Waals surface area contributed by atoms with Crippen LogP contribution in [-0.4, -0.2) is 34.9 Å². The Morgan fingerprint density at radius 1 is 1.30 bits per heavy atom. The number of carbonyl (C=O) groups is 1. The Balaban J connectivity index is 1.30. The number of aryl methyl sites for hydroxylation is 2. The molecule has 0 aromatic carbocycles. The maximum atomic E-state index is 12.3. The smallest absolute Gasteiger partial charge is 0.261 e. The number of aromatic nitrogens is 1. The average molecular weight is 402 g/mol. The van der Waals surface area contributed by atoms with Crippen LogP contribution in [0.1, 0.15) is 38.8 Å². The Kier molecular flexibility index (Phi) is 5.43. The van der Waals surface area contributed by atoms with Gasteiger partial charge in [0.1, 0.15) is 5.76 Å². The summed E-state index contributed by atoms with van der Waals surface area (Å²) in [4.78, 5) is 22.4. The minimum atomic E-state index is 0.0551. The number of thiophene rings is 2. The van der Waals surface area contributed by atoms with E-state index in [-0.39, 0.29) is 11.9 Å². The van der Waals surface area contributed by atoms with Crippen molar-refractivity contribution in [3.05, 3.63) is 50.9 Å². The lowest BCUT2D eigenvalue weighted by atomic mass is 10.0. The second-order valence-corrected chi connectivity index (χ2v) is 9.17. The van der Waals surface area contributed by atoms with Gasteiger partial charge in [-0.2, -0.15) is 0 Å². The summed E-state index contributed by atoms with van der Waals surface area (Å²) in [6, 6.07) is 8.19. The van der Waals surface area contributed by atoms with Crippen LogP contribution in [-0.2, 0) is 6.54 Å². The fourth-order valence-corrected chi connectivity index (χ4v) is 4.76. The van der Waals surface area contributed by atoms with Crippen molar-refractivity contribution in [2.75, 3.05) is 13.1 Å². The maximum Gasteiger partial charge on any atom is 0.261 e. The number of likely N-dealkylation sites (tertiary alicyclic amines) is 1. The van der Waals surface area contributed by atoms with E-state index < -0.39 is 0 Å². The van der Waals surface area contributed by atoms with Crippen molar-refractivity contribution < 1.29 is 9.21 Å². The zero-order chi connectivity index (χ0) is 18.8. The van der Waals surface area contributed by atoms with Crippen molar-refractivity contribution in [1.29, 1.82) is 0 Å². The molecular formula is C20H23N3O2S2. The highest BCUT2D eigenvalue weighted by atomic mass is 32.1. The SMILES string of the molecule is Cc1ccc(C(=O)NC2CCN(Cc3nc(-c4cccs4)oc3C)CC2)s1. The first-order chi connectivity index (χ1) is 13.1. The number of amides is 1. The Labute approximate surface area is 167 Å². The van der Waals surface area contributed by atoms with E-state index in [1.807, 2.05) is 43.5 Å². The molecule has 0 radical (unpaired) electrons. The summed E-state index contributed by atoms with van der Waals surface area (Å²) in [5.74, 6) is 1.66. The van der Waals surface area contributed by atoms with Crippen LogP contribution < -0.4 is 5.32 Å². The topological polar surface area (TPSA) is 58.4 Å². The highest BCUT2D eigenvalue weighted by Gasteiger charge is 2.23. The number of hydrogen-bond acceptors (Lipinski definition) is 6. The third-order valence-electron chi connectivity index (χ3n) is 4.88. The van der Waals surface area contributed by atoms with E-state index in [1.54, 1.807) is 22.7 Å². The third kappa shape index (κ3) is 4.31. The molecule has 3 aromatic rings. The highest BCUT2D eigenvalue weighted by Crippen LogP contribution is 2.27. The van der Waals surface area contributed by atoms with Gasteiger partial charge in [-0.3, -0.25) is 9.69 Å². The number of hydrogen-bond donors (Lipinski definition) is 1. The van der Waals surface area contributed by atoms with Crippen LogP contribution in [0.3, 0.4) is 0 Å². The summed E-state index contributed by atoms with van der Waals surface area (Å²) in [5.41, 5.74) is 1.01. The molecule has 0 atom stereocenters. The van der Waals surface area contributed by atoms with Crippen molar-refractivity contribution in [2.45, 2.75) is 39.3 Å². The van der Waals surface area contributed by atoms with E-state index in [2.05, 4.69) is 15.2 Å². The second-order valence-electron chi connectivity index (χ2n) is 6.93. The van der Waals surface area contributed by atoms with Gasteiger partial charge in [-0.15, -0.1) is 22.7 Å². The fourth-order valence-electron chi connectivity index (χ4n) is 3.34. The predicted molar refractivity (Wildman–Crippen MR) is 109 cm³/mol. The first-order valence-corrected chi connectivity index (χ1v) is 10.9. The monoisotopic (exact) mass is 401 g/mol. The third-order valence-corrected chi connectivity index (χ3v) is 6.74. The molecule has 1 N–H and O–H groups in total. The number of nitrogens with zero attached hydrogens (tertiary/aromatic N) is 2. The number of piperidine rings is 1. The van der Waals surface area contributed by atoms with Crippen LogP contribution in [0, 0.1) is 13.8 Å². The van der Waals surface area contributed by atoms with Crippen LogP contribution in [0.15, 0.2) is 34.1 Å². The Hall–Kier alpha value is -1.96. The van der Waals surface area contributed by atoms with Crippen LogP contribution >= 0.6 is 22.7 Å². The lowest BCUT2D eigenvalue weighted by molar-refractivity contribution is 0.0912. The van der Waals surface area contributed by atoms with E-state index in [0.717, 1.165) is 53.7 Å². The van der Waals surface area contributed by atoms with E-state index in [4.69, 9.17) is 4.42 Å². The molecule has 142 valence electrons. The first kappa shape index (κ1) is 18.4. The minimum absolute atomic E-state index is 0.0551. The van der Waals surface area contributed by atoms with Crippen LogP contribution in [0.4, 0.5) is 0 Å². The first-order valence-electron chi connectivity index (χ1n) is 9.18. The lowest BCUT2D eigenvalue weighted by Gasteiger charge is -2.31. The second kappa shape index (κ2) is 7.96. The summed E-state index contributed by atoms with van der Waals surface area (Å²) in [6.07, 6.45) is 1.93. The van der Waals surface area contributed by atoms with Crippen molar-refractivity contribution in [2.24, 2.45) is 0 Å². The maximum absolute atomic E-state index is 12.3. The quantitative estimate of drug-likeness (QED) is 0.685. The Morgan fingerprint density at radius 2 is 2.11 bits per heavy atom. The van der Waals surface area contributed by atoms with Crippen molar-refractivity contribution in [3.8, 4) is 10.8 Å². The summed E-state index contributed by atoms with van der Waals surface area (Å²) < 4.78 is 5.84. The molecule has 3 aromatic heterocycles.